The Hall–Kier alpha value is -3.24. The van der Waals surface area contributed by atoms with E-state index in [0.717, 1.165) is 15.3 Å². The number of aromatic amines is 1. The van der Waals surface area contributed by atoms with Crippen molar-refractivity contribution in [2.75, 3.05) is 18.5 Å². The summed E-state index contributed by atoms with van der Waals surface area (Å²) >= 11 is 1.47. The topological polar surface area (TPSA) is 115 Å². The van der Waals surface area contributed by atoms with Crippen molar-refractivity contribution in [1.82, 2.24) is 14.8 Å². The number of halogens is 1. The van der Waals surface area contributed by atoms with E-state index in [1.807, 2.05) is 24.3 Å². The Labute approximate surface area is 168 Å². The van der Waals surface area contributed by atoms with Gasteiger partial charge in [0.25, 0.3) is 5.91 Å². The molecule has 2 aromatic heterocycles. The van der Waals surface area contributed by atoms with E-state index in [1.54, 1.807) is 6.07 Å². The molecule has 0 bridgehead atoms. The first kappa shape index (κ1) is 19.1. The lowest BCUT2D eigenvalue weighted by atomic mass is 10.1. The Morgan fingerprint density at radius 2 is 2.24 bits per heavy atom. The minimum absolute atomic E-state index is 0.00218. The first-order chi connectivity index (χ1) is 14.1. The average Bonchev–Trinajstić information content (AvgIpc) is 3.38. The summed E-state index contributed by atoms with van der Waals surface area (Å²) in [5, 5.41) is 8.94. The summed E-state index contributed by atoms with van der Waals surface area (Å²) in [6.07, 6.45) is 2.13. The molecule has 1 aliphatic heterocycles. The first-order valence-corrected chi connectivity index (χ1v) is 9.67. The van der Waals surface area contributed by atoms with Crippen LogP contribution in [0.15, 0.2) is 53.4 Å². The Morgan fingerprint density at radius 1 is 1.38 bits per heavy atom. The predicted octanol–water partition coefficient (Wildman–Crippen LogP) is 2.42. The Bertz CT molecular complexity index is 1130. The van der Waals surface area contributed by atoms with Crippen LogP contribution in [0, 0.1) is 0 Å². The zero-order valence-electron chi connectivity index (χ0n) is 15.2. The van der Waals surface area contributed by atoms with Gasteiger partial charge in [0.15, 0.2) is 6.61 Å². The molecule has 0 fully saturated rings. The van der Waals surface area contributed by atoms with Gasteiger partial charge < -0.3 is 15.8 Å². The molecule has 1 unspecified atom stereocenters. The largest absolute Gasteiger partial charge is 0.482 e. The van der Waals surface area contributed by atoms with Gasteiger partial charge in [-0.3, -0.25) is 9.36 Å². The maximum absolute atomic E-state index is 13.1. The van der Waals surface area contributed by atoms with E-state index in [9.17, 15) is 14.0 Å². The number of hydrogen-bond acceptors (Lipinski definition) is 6. The third kappa shape index (κ3) is 3.84. The lowest BCUT2D eigenvalue weighted by Gasteiger charge is -2.18. The molecule has 0 spiro atoms. The van der Waals surface area contributed by atoms with Gasteiger partial charge in [0.1, 0.15) is 12.1 Å². The van der Waals surface area contributed by atoms with Crippen molar-refractivity contribution in [2.24, 2.45) is 5.73 Å². The van der Waals surface area contributed by atoms with Crippen LogP contribution in [-0.4, -0.2) is 33.8 Å². The van der Waals surface area contributed by atoms with Crippen LogP contribution in [0.25, 0.3) is 10.4 Å². The molecule has 29 heavy (non-hydrogen) atoms. The Balaban J connectivity index is 1.69. The number of hydrogen-bond donors (Lipinski definition) is 3. The lowest BCUT2D eigenvalue weighted by molar-refractivity contribution is -0.118. The van der Waals surface area contributed by atoms with Crippen LogP contribution in [0.1, 0.15) is 17.3 Å². The van der Waals surface area contributed by atoms with Crippen molar-refractivity contribution < 1.29 is 13.9 Å². The monoisotopic (exact) mass is 415 g/mol. The number of H-pyrrole nitrogens is 1. The second-order valence-corrected chi connectivity index (χ2v) is 7.63. The lowest BCUT2D eigenvalue weighted by Crippen LogP contribution is -2.25. The van der Waals surface area contributed by atoms with Gasteiger partial charge in [-0.2, -0.15) is 5.10 Å². The SMILES string of the molecule is NC/C(=C/F)CC(c1ccc(-c2ccc3c(c2)NC(=O)CO3)s1)n1cn[nH]c1=O. The summed E-state index contributed by atoms with van der Waals surface area (Å²) < 4.78 is 20.0. The van der Waals surface area contributed by atoms with Crippen LogP contribution in [0.2, 0.25) is 0 Å². The quantitative estimate of drug-likeness (QED) is 0.572. The van der Waals surface area contributed by atoms with Crippen LogP contribution >= 0.6 is 11.3 Å². The Kier molecular flexibility index (Phi) is 5.28. The number of fused-ring (bicyclic) bond motifs is 1. The fraction of sp³-hybridized carbons (Fsp3) is 0.211. The van der Waals surface area contributed by atoms with Crippen molar-refractivity contribution >= 4 is 22.9 Å². The molecule has 1 aliphatic rings. The summed E-state index contributed by atoms with van der Waals surface area (Å²) in [6, 6.07) is 8.93. The standard InChI is InChI=1S/C19H18FN5O3S/c20-7-11(8-21)5-14(25-10-22-24-19(25)27)17-4-3-16(29-17)12-1-2-15-13(6-12)23-18(26)9-28-15/h1-4,6-7,10,14H,5,8-9,21H2,(H,23,26)(H,24,27)/b11-7+. The van der Waals surface area contributed by atoms with E-state index in [2.05, 4.69) is 15.5 Å². The van der Waals surface area contributed by atoms with Crippen LogP contribution in [0.4, 0.5) is 10.1 Å². The minimum Gasteiger partial charge on any atom is -0.482 e. The van der Waals surface area contributed by atoms with Gasteiger partial charge in [0.2, 0.25) is 0 Å². The van der Waals surface area contributed by atoms with Gasteiger partial charge >= 0.3 is 5.69 Å². The summed E-state index contributed by atoms with van der Waals surface area (Å²) in [5.74, 6) is 0.418. The number of nitrogens with two attached hydrogens (primary N) is 1. The molecule has 4 rings (SSSR count). The number of thiophene rings is 1. The van der Waals surface area contributed by atoms with Crippen molar-refractivity contribution in [2.45, 2.75) is 12.5 Å². The highest BCUT2D eigenvalue weighted by atomic mass is 32.1. The summed E-state index contributed by atoms with van der Waals surface area (Å²) in [4.78, 5) is 25.5. The van der Waals surface area contributed by atoms with Crippen molar-refractivity contribution in [3.8, 4) is 16.2 Å². The van der Waals surface area contributed by atoms with E-state index in [-0.39, 0.29) is 31.2 Å². The second-order valence-electron chi connectivity index (χ2n) is 6.51. The van der Waals surface area contributed by atoms with Crippen LogP contribution in [0.3, 0.4) is 0 Å². The third-order valence-electron chi connectivity index (χ3n) is 4.64. The number of anilines is 1. The van der Waals surface area contributed by atoms with Gasteiger partial charge in [0, 0.05) is 16.3 Å². The van der Waals surface area contributed by atoms with Gasteiger partial charge in [-0.1, -0.05) is 0 Å². The maximum atomic E-state index is 13.1. The minimum atomic E-state index is -0.439. The molecule has 0 saturated heterocycles. The van der Waals surface area contributed by atoms with Gasteiger partial charge in [-0.05, 0) is 47.9 Å². The molecule has 0 saturated carbocycles. The van der Waals surface area contributed by atoms with E-state index in [1.165, 1.54) is 22.2 Å². The molecule has 1 atom stereocenters. The summed E-state index contributed by atoms with van der Waals surface area (Å²) in [7, 11) is 0. The average molecular weight is 415 g/mol. The number of aromatic nitrogens is 3. The summed E-state index contributed by atoms with van der Waals surface area (Å²) in [6.45, 7) is 0.0601. The Morgan fingerprint density at radius 3 is 2.97 bits per heavy atom. The molecule has 8 nitrogen and oxygen atoms in total. The number of nitrogens with zero attached hydrogens (tertiary/aromatic N) is 2. The fourth-order valence-corrected chi connectivity index (χ4v) is 4.26. The molecular weight excluding hydrogens is 397 g/mol. The maximum Gasteiger partial charge on any atom is 0.343 e. The van der Waals surface area contributed by atoms with E-state index in [4.69, 9.17) is 10.5 Å². The number of benzene rings is 1. The molecule has 0 radical (unpaired) electrons. The van der Waals surface area contributed by atoms with Crippen molar-refractivity contribution in [3.05, 3.63) is 63.9 Å². The number of ether oxygens (including phenoxy) is 1. The highest BCUT2D eigenvalue weighted by Gasteiger charge is 2.21. The molecule has 0 aliphatic carbocycles. The molecule has 3 heterocycles. The molecule has 4 N–H and O–H groups in total. The predicted molar refractivity (Wildman–Crippen MR) is 108 cm³/mol. The molecule has 10 heteroatoms. The smallest absolute Gasteiger partial charge is 0.343 e. The van der Waals surface area contributed by atoms with Crippen LogP contribution in [0.5, 0.6) is 5.75 Å². The van der Waals surface area contributed by atoms with Crippen molar-refractivity contribution in [3.63, 3.8) is 0 Å². The summed E-state index contributed by atoms with van der Waals surface area (Å²) in [5.41, 5.74) is 7.13. The highest BCUT2D eigenvalue weighted by Crippen LogP contribution is 2.38. The van der Waals surface area contributed by atoms with Gasteiger partial charge in [-0.25, -0.2) is 14.3 Å². The zero-order chi connectivity index (χ0) is 20.4. The molecule has 1 amide bonds. The number of carbonyl (C=O) groups excluding carboxylic acids is 1. The highest BCUT2D eigenvalue weighted by molar-refractivity contribution is 7.15. The third-order valence-corrected chi connectivity index (χ3v) is 5.87. The fourth-order valence-electron chi connectivity index (χ4n) is 3.16. The molecular formula is C19H18FN5O3S. The molecule has 3 aromatic rings. The van der Waals surface area contributed by atoms with Crippen molar-refractivity contribution in [1.29, 1.82) is 0 Å². The second kappa shape index (κ2) is 8.02. The first-order valence-electron chi connectivity index (χ1n) is 8.85. The van der Waals surface area contributed by atoms with E-state index in [0.29, 0.717) is 23.3 Å². The molecule has 150 valence electrons. The van der Waals surface area contributed by atoms with Gasteiger partial charge in [-0.15, -0.1) is 11.3 Å². The van der Waals surface area contributed by atoms with Crippen LogP contribution < -0.4 is 21.5 Å². The normalized spacial score (nSPS) is 14.8. The number of rotatable bonds is 6. The number of amides is 1. The van der Waals surface area contributed by atoms with Gasteiger partial charge in [0.05, 0.1) is 18.1 Å². The van der Waals surface area contributed by atoms with Crippen LogP contribution in [-0.2, 0) is 4.79 Å². The number of carbonyl (C=O) groups is 1. The van der Waals surface area contributed by atoms with E-state index < -0.39 is 6.04 Å². The number of nitrogens with one attached hydrogen (secondary N) is 2. The van der Waals surface area contributed by atoms with E-state index >= 15 is 0 Å². The zero-order valence-corrected chi connectivity index (χ0v) is 16.0. The molecule has 1 aromatic carbocycles.